The van der Waals surface area contributed by atoms with Crippen LogP contribution in [0.1, 0.15) is 179 Å². The first-order valence-electron chi connectivity index (χ1n) is 30.7. The van der Waals surface area contributed by atoms with Crippen LogP contribution < -0.4 is 0 Å². The van der Waals surface area contributed by atoms with Crippen LogP contribution in [-0.2, 0) is 71.1 Å². The monoisotopic (exact) mass is 1150 g/mol. The zero-order valence-corrected chi connectivity index (χ0v) is 51.9. The van der Waals surface area contributed by atoms with Crippen LogP contribution in [0.3, 0.4) is 0 Å². The number of hydrogen-bond donors (Lipinski definition) is 0. The quantitative estimate of drug-likeness (QED) is 0.0448. The van der Waals surface area contributed by atoms with Gasteiger partial charge in [-0.2, -0.15) is 20.2 Å². The van der Waals surface area contributed by atoms with Gasteiger partial charge in [0, 0.05) is 41.2 Å². The van der Waals surface area contributed by atoms with Gasteiger partial charge in [-0.15, -0.1) is 0 Å². The fraction of sp³-hybridized carbons (Fsp3) is 0.902. The first kappa shape index (κ1) is 77.0. The van der Waals surface area contributed by atoms with Gasteiger partial charge in [0.05, 0.1) is 130 Å². The van der Waals surface area contributed by atoms with Crippen LogP contribution in [0.4, 0.5) is 0 Å². The Bertz CT molecular complexity index is 1320. The van der Waals surface area contributed by atoms with Gasteiger partial charge in [0.1, 0.15) is 0 Å². The zero-order valence-electron chi connectivity index (χ0n) is 50.3. The van der Waals surface area contributed by atoms with Crippen molar-refractivity contribution in [2.75, 3.05) is 178 Å². The Morgan fingerprint density at radius 3 is 0.769 bits per heavy atom. The van der Waals surface area contributed by atoms with Crippen LogP contribution in [0.25, 0.3) is 0 Å². The first-order chi connectivity index (χ1) is 38.5. The maximum Gasteiger partial charge on any atom is 0.296 e. The lowest BCUT2D eigenvalue weighted by Gasteiger charge is -2.07. The van der Waals surface area contributed by atoms with Gasteiger partial charge in [-0.25, -0.2) is 0 Å². The molecule has 78 heavy (non-hydrogen) atoms. The maximum atomic E-state index is 12.1. The number of rotatable bonds is 65. The number of ether oxygens (including phenoxy) is 12. The van der Waals surface area contributed by atoms with Crippen molar-refractivity contribution in [3.63, 3.8) is 0 Å². The molecule has 0 unspecified atom stereocenters. The first-order valence-corrected chi connectivity index (χ1v) is 33.2. The molecule has 1 aromatic carbocycles. The standard InChI is InChI=1S/C36H74O8S.C25H44O7S/c1-37-23-25-41-31-33-43-29-27-39-21-17-13-9-5-3-7-11-15-19-35-45-36-20-16-12-8-4-6-10-14-18-22-40-28-30-44-34-32-42-26-24-38-2;1-24-12-14-25(15-13-24)33(26,27)32-17-11-9-7-5-3-4-6-8-10-16-29-20-21-31-23-22-30-19-18-28-2/h3-36H2,1-2H3;12-15H,3-11,16-23H2,1-2H3. The van der Waals surface area contributed by atoms with Crippen LogP contribution in [0.5, 0.6) is 0 Å². The largest absolute Gasteiger partial charge is 0.382 e. The number of unbranched alkanes of at least 4 members (excludes halogenated alkanes) is 24. The van der Waals surface area contributed by atoms with Gasteiger partial charge in [0.15, 0.2) is 0 Å². The van der Waals surface area contributed by atoms with E-state index in [1.54, 1.807) is 45.6 Å². The highest BCUT2D eigenvalue weighted by Crippen LogP contribution is 2.17. The second-order valence-corrected chi connectivity index (χ2v) is 22.6. The number of aryl methyl sites for hydroxylation is 1. The molecule has 464 valence electrons. The lowest BCUT2D eigenvalue weighted by atomic mass is 10.1. The zero-order chi connectivity index (χ0) is 56.4. The SMILES string of the molecule is COCCOCCOCCOCCCCCCCCCCCOS(=O)(=O)c1ccc(C)cc1.COCCOCCOCCOCCCCCCCCCCCSCCCCCCCCCCCOCCOCCOCCOC. The third-order valence-electron chi connectivity index (χ3n) is 12.7. The Balaban J connectivity index is 0.00000159. The highest BCUT2D eigenvalue weighted by Gasteiger charge is 2.14. The van der Waals surface area contributed by atoms with E-state index in [2.05, 4.69) is 11.8 Å². The molecule has 0 fully saturated rings. The van der Waals surface area contributed by atoms with Crippen molar-refractivity contribution < 1.29 is 69.4 Å². The van der Waals surface area contributed by atoms with E-state index in [0.717, 1.165) is 51.1 Å². The van der Waals surface area contributed by atoms with E-state index in [1.165, 1.54) is 159 Å². The molecule has 0 radical (unpaired) electrons. The molecule has 0 saturated carbocycles. The normalized spacial score (nSPS) is 11.7. The molecule has 0 aromatic heterocycles. The number of methoxy groups -OCH3 is 3. The van der Waals surface area contributed by atoms with Gasteiger partial charge >= 0.3 is 0 Å². The van der Waals surface area contributed by atoms with Crippen LogP contribution in [0.15, 0.2) is 29.2 Å². The molecule has 0 spiro atoms. The highest BCUT2D eigenvalue weighted by atomic mass is 32.2. The van der Waals surface area contributed by atoms with Gasteiger partial charge < -0.3 is 56.8 Å². The van der Waals surface area contributed by atoms with Gasteiger partial charge in [-0.05, 0) is 69.1 Å². The Kier molecular flexibility index (Phi) is 65.9. The Hall–Kier alpha value is -1.00. The van der Waals surface area contributed by atoms with Crippen molar-refractivity contribution in [3.05, 3.63) is 29.8 Å². The molecule has 0 amide bonds. The van der Waals surface area contributed by atoms with E-state index in [-0.39, 0.29) is 11.5 Å². The molecule has 0 heterocycles. The molecule has 0 aliphatic heterocycles. The van der Waals surface area contributed by atoms with Crippen molar-refractivity contribution in [3.8, 4) is 0 Å². The minimum absolute atomic E-state index is 0.228. The van der Waals surface area contributed by atoms with E-state index < -0.39 is 10.1 Å². The van der Waals surface area contributed by atoms with E-state index in [1.807, 2.05) is 6.92 Å². The lowest BCUT2D eigenvalue weighted by molar-refractivity contribution is 0.00323. The molecular formula is C61H118O15S2. The molecule has 0 N–H and O–H groups in total. The summed E-state index contributed by atoms with van der Waals surface area (Å²) in [5.74, 6) is 2.71. The van der Waals surface area contributed by atoms with Crippen LogP contribution >= 0.6 is 11.8 Å². The molecular weight excluding hydrogens is 1040 g/mol. The van der Waals surface area contributed by atoms with Crippen molar-refractivity contribution in [2.24, 2.45) is 0 Å². The molecule has 1 aromatic rings. The predicted molar refractivity (Wildman–Crippen MR) is 319 cm³/mol. The van der Waals surface area contributed by atoms with Gasteiger partial charge in [0.2, 0.25) is 0 Å². The lowest BCUT2D eigenvalue weighted by Crippen LogP contribution is -2.11. The fourth-order valence-electron chi connectivity index (χ4n) is 7.93. The molecule has 17 heteroatoms. The summed E-state index contributed by atoms with van der Waals surface area (Å²) in [5, 5.41) is 0. The summed E-state index contributed by atoms with van der Waals surface area (Å²) >= 11 is 2.17. The molecule has 0 aliphatic rings. The number of hydrogen-bond acceptors (Lipinski definition) is 16. The maximum absolute atomic E-state index is 12.1. The molecule has 0 atom stereocenters. The third-order valence-corrected chi connectivity index (χ3v) is 15.1. The predicted octanol–water partition coefficient (Wildman–Crippen LogP) is 13.0. The van der Waals surface area contributed by atoms with Gasteiger partial charge in [0.25, 0.3) is 10.1 Å². The summed E-state index contributed by atoms with van der Waals surface area (Å²) in [7, 11) is 1.38. The molecule has 15 nitrogen and oxygen atoms in total. The topological polar surface area (TPSA) is 154 Å². The third kappa shape index (κ3) is 62.6. The Labute approximate surface area is 482 Å². The smallest absolute Gasteiger partial charge is 0.296 e. The van der Waals surface area contributed by atoms with E-state index >= 15 is 0 Å². The van der Waals surface area contributed by atoms with E-state index in [9.17, 15) is 8.42 Å². The summed E-state index contributed by atoms with van der Waals surface area (Å²) in [5.41, 5.74) is 1.03. The molecule has 0 bridgehead atoms. The van der Waals surface area contributed by atoms with E-state index in [0.29, 0.717) is 119 Å². The van der Waals surface area contributed by atoms with Crippen LogP contribution in [0.2, 0.25) is 0 Å². The minimum Gasteiger partial charge on any atom is -0.382 e. The second-order valence-electron chi connectivity index (χ2n) is 19.7. The average molecular weight is 1160 g/mol. The second kappa shape index (κ2) is 66.8. The summed E-state index contributed by atoms with van der Waals surface area (Å²) in [4.78, 5) is 0.228. The van der Waals surface area contributed by atoms with Crippen LogP contribution in [-0.4, -0.2) is 187 Å². The van der Waals surface area contributed by atoms with Crippen molar-refractivity contribution >= 4 is 21.9 Å². The number of thioether (sulfide) groups is 1. The van der Waals surface area contributed by atoms with Gasteiger partial charge in [-0.1, -0.05) is 153 Å². The van der Waals surface area contributed by atoms with Crippen molar-refractivity contribution in [2.45, 2.75) is 185 Å². The molecule has 1 rings (SSSR count). The Morgan fingerprint density at radius 2 is 0.500 bits per heavy atom. The highest BCUT2D eigenvalue weighted by molar-refractivity contribution is 7.99. The average Bonchev–Trinajstić information content (AvgIpc) is 3.44. The van der Waals surface area contributed by atoms with Crippen molar-refractivity contribution in [1.82, 2.24) is 0 Å². The molecule has 0 aliphatic carbocycles. The minimum atomic E-state index is -3.63. The van der Waals surface area contributed by atoms with Gasteiger partial charge in [-0.3, -0.25) is 4.18 Å². The van der Waals surface area contributed by atoms with E-state index in [4.69, 9.17) is 61.0 Å². The Morgan fingerprint density at radius 1 is 0.282 bits per heavy atom. The fourth-order valence-corrected chi connectivity index (χ4v) is 9.89. The molecule has 0 saturated heterocycles. The summed E-state index contributed by atoms with van der Waals surface area (Å²) in [6.07, 6.45) is 34.4. The summed E-state index contributed by atoms with van der Waals surface area (Å²) in [6.45, 7) is 16.0. The number of benzene rings is 1. The summed E-state index contributed by atoms with van der Waals surface area (Å²) in [6, 6.07) is 6.75. The van der Waals surface area contributed by atoms with Crippen LogP contribution in [0, 0.1) is 6.92 Å². The summed E-state index contributed by atoms with van der Waals surface area (Å²) < 4.78 is 93.4. The van der Waals surface area contributed by atoms with Crippen molar-refractivity contribution in [1.29, 1.82) is 0 Å².